The van der Waals surface area contributed by atoms with Crippen LogP contribution in [-0.4, -0.2) is 23.3 Å². The summed E-state index contributed by atoms with van der Waals surface area (Å²) in [4.78, 5) is 9.72. The van der Waals surface area contributed by atoms with E-state index in [2.05, 4.69) is 137 Å². The van der Waals surface area contributed by atoms with Crippen LogP contribution in [0.2, 0.25) is 13.0 Å². The minimum Gasteiger partial charge on any atom is -0.332 e. The topological polar surface area (TPSA) is 30.7 Å². The minimum atomic E-state index is -3.08. The second-order valence-corrected chi connectivity index (χ2v) is 18.2. The third-order valence-electron chi connectivity index (χ3n) is 11.9. The molecule has 3 aromatic heterocycles. The molecule has 3 nitrogen and oxygen atoms in total. The fourth-order valence-corrected chi connectivity index (χ4v) is 10.7. The number of hydrogen-bond donors (Lipinski definition) is 0. The van der Waals surface area contributed by atoms with E-state index in [-0.39, 0.29) is 30.9 Å². The van der Waals surface area contributed by atoms with Crippen LogP contribution in [0.1, 0.15) is 37.3 Å². The molecule has 0 aliphatic carbocycles. The standard InChI is InChI=1S/C46H29N2S.C15H17NSi.Ir/c1-3-12-30(13-4-1)28-31-22-25-38-39-20-11-21-40(45(39)49-42(38)29-31)46-47-43-35-18-9-7-16-33(35)24-27-41(43)48(46)44-36-19-10-8-17-34(36)23-26-37(44)32-14-5-2-6-15-32;1-4-12-10-14(13-8-6-5-7-9-13)16-11-15(12)17(2)3;/h1-20,22-27,29H,28H2;5-8,10-11H,4H2,1-3H3;/q2*-1;/i28D2;2D3,3D3,4D2;. The van der Waals surface area contributed by atoms with Gasteiger partial charge in [0.25, 0.3) is 0 Å². The summed E-state index contributed by atoms with van der Waals surface area (Å²) in [5, 5.41) is 6.74. The number of benzene rings is 9. The number of aromatic nitrogens is 3. The average molecular weight is 1080 g/mol. The summed E-state index contributed by atoms with van der Waals surface area (Å²) in [5.74, 6) is 0.826. The molecule has 0 fully saturated rings. The van der Waals surface area contributed by atoms with Crippen LogP contribution in [0, 0.1) is 12.1 Å². The fraction of sp³-hybridized carbons (Fsp3) is 0.0820. The van der Waals surface area contributed by atoms with Gasteiger partial charge >= 0.3 is 0 Å². The molecule has 0 saturated carbocycles. The van der Waals surface area contributed by atoms with Gasteiger partial charge in [0, 0.05) is 61.0 Å². The Morgan fingerprint density at radius 2 is 1.39 bits per heavy atom. The van der Waals surface area contributed by atoms with Gasteiger partial charge in [0.1, 0.15) is 0 Å². The van der Waals surface area contributed by atoms with Crippen LogP contribution in [0.15, 0.2) is 200 Å². The van der Waals surface area contributed by atoms with Gasteiger partial charge in [-0.05, 0) is 73.3 Å². The summed E-state index contributed by atoms with van der Waals surface area (Å²) in [7, 11) is -3.08. The molecule has 9 aromatic carbocycles. The molecule has 0 saturated heterocycles. The first-order valence-corrected chi connectivity index (χ1v) is 24.0. The maximum atomic E-state index is 9.05. The molecule has 0 bridgehead atoms. The number of fused-ring (bicyclic) bond motifs is 7. The van der Waals surface area contributed by atoms with Crippen molar-refractivity contribution in [2.24, 2.45) is 0 Å². The Labute approximate surface area is 425 Å². The molecule has 12 aromatic rings. The summed E-state index contributed by atoms with van der Waals surface area (Å²) in [6, 6.07) is 71.1. The number of pyridine rings is 1. The molecule has 67 heavy (non-hydrogen) atoms. The fourth-order valence-electron chi connectivity index (χ4n) is 8.79. The molecule has 12 rings (SSSR count). The Morgan fingerprint density at radius 1 is 0.657 bits per heavy atom. The zero-order valence-electron chi connectivity index (χ0n) is 46.1. The van der Waals surface area contributed by atoms with Crippen LogP contribution in [0.4, 0.5) is 0 Å². The second-order valence-electron chi connectivity index (χ2n) is 15.9. The predicted molar refractivity (Wildman–Crippen MR) is 283 cm³/mol. The van der Waals surface area contributed by atoms with Gasteiger partial charge in [-0.2, -0.15) is 11.3 Å². The number of nitrogens with zero attached hydrogens (tertiary/aromatic N) is 3. The Bertz CT molecular complexity index is 4110. The summed E-state index contributed by atoms with van der Waals surface area (Å²) in [6.07, 6.45) is -2.33. The first-order chi connectivity index (χ1) is 36.4. The van der Waals surface area contributed by atoms with Crippen LogP contribution < -0.4 is 5.19 Å². The Kier molecular flexibility index (Phi) is 9.64. The van der Waals surface area contributed by atoms with Gasteiger partial charge < -0.3 is 9.55 Å². The van der Waals surface area contributed by atoms with E-state index in [1.54, 1.807) is 35.6 Å². The molecule has 0 unspecified atom stereocenters. The van der Waals surface area contributed by atoms with Crippen molar-refractivity contribution in [2.75, 3.05) is 0 Å². The number of aryl methyl sites for hydroxylation is 1. The van der Waals surface area contributed by atoms with E-state index in [1.165, 1.54) is 19.2 Å². The first-order valence-electron chi connectivity index (χ1n) is 26.6. The van der Waals surface area contributed by atoms with Crippen molar-refractivity contribution in [3.8, 4) is 39.5 Å². The van der Waals surface area contributed by atoms with E-state index in [1.807, 2.05) is 48.5 Å². The van der Waals surface area contributed by atoms with Gasteiger partial charge in [-0.3, -0.25) is 4.98 Å². The number of hydrogen-bond acceptors (Lipinski definition) is 3. The third kappa shape index (κ3) is 8.47. The van der Waals surface area contributed by atoms with E-state index in [9.17, 15) is 0 Å². The maximum absolute atomic E-state index is 9.05. The summed E-state index contributed by atoms with van der Waals surface area (Å²) in [6.45, 7) is -4.14. The molecule has 0 amide bonds. The minimum absolute atomic E-state index is 0. The molecular weight excluding hydrogens is 1030 g/mol. The third-order valence-corrected chi connectivity index (χ3v) is 14.0. The second kappa shape index (κ2) is 19.2. The molecule has 3 heterocycles. The van der Waals surface area contributed by atoms with Crippen molar-refractivity contribution in [1.82, 2.24) is 14.5 Å². The quantitative estimate of drug-likeness (QED) is 0.112. The van der Waals surface area contributed by atoms with Crippen LogP contribution >= 0.6 is 11.3 Å². The normalized spacial score (nSPS) is 14.4. The van der Waals surface area contributed by atoms with E-state index < -0.39 is 34.5 Å². The number of imidazole rings is 1. The van der Waals surface area contributed by atoms with Crippen LogP contribution in [0.25, 0.3) is 92.2 Å². The number of thiophene rings is 1. The van der Waals surface area contributed by atoms with Crippen LogP contribution in [0.3, 0.4) is 0 Å². The van der Waals surface area contributed by atoms with Crippen molar-refractivity contribution in [2.45, 2.75) is 32.6 Å². The van der Waals surface area contributed by atoms with Crippen molar-refractivity contribution in [1.29, 1.82) is 0 Å². The van der Waals surface area contributed by atoms with Crippen LogP contribution in [0.5, 0.6) is 0 Å². The smallest absolute Gasteiger partial charge is 0.0852 e. The van der Waals surface area contributed by atoms with Gasteiger partial charge in [0.2, 0.25) is 0 Å². The van der Waals surface area contributed by atoms with Gasteiger partial charge in [-0.25, -0.2) is 0 Å². The molecule has 2 radical (unpaired) electrons. The average Bonchev–Trinajstić information content (AvgIpc) is 4.01. The number of rotatable bonds is 8. The first kappa shape index (κ1) is 33.6. The molecular formula is C61H46IrN3SSi-2. The largest absolute Gasteiger partial charge is 0.332 e. The Hall–Kier alpha value is -6.79. The SMILES string of the molecule is [2H]C([2H])(C)c1cc(-c2[c-]cccc2)ncc1[Si](C([2H])([2H])[2H])C([2H])([2H])[2H].[2H]C([2H])(c1ccccc1)c1ccc2c(c1)sc1c(-c3nc4c5ccccc5ccc4n3-c3c(-c4ccccc4)ccc4ccccc34)[c-]ccc12.[Ir]. The summed E-state index contributed by atoms with van der Waals surface area (Å²) < 4.78 is 84.7. The van der Waals surface area contributed by atoms with Gasteiger partial charge in [0.05, 0.1) is 31.3 Å². The molecule has 0 N–H and O–H groups in total. The van der Waals surface area contributed by atoms with Crippen molar-refractivity contribution in [3.05, 3.63) is 229 Å². The van der Waals surface area contributed by atoms with Crippen molar-refractivity contribution < 1.29 is 33.8 Å². The van der Waals surface area contributed by atoms with Crippen molar-refractivity contribution >= 4 is 78.1 Å². The van der Waals surface area contributed by atoms with Gasteiger partial charge in [-0.15, -0.1) is 54.1 Å². The summed E-state index contributed by atoms with van der Waals surface area (Å²) >= 11 is 1.68. The van der Waals surface area contributed by atoms with Crippen LogP contribution in [-0.2, 0) is 32.9 Å². The molecule has 0 atom stereocenters. The zero-order valence-corrected chi connectivity index (χ0v) is 40.3. The maximum Gasteiger partial charge on any atom is 0.0852 e. The van der Waals surface area contributed by atoms with E-state index >= 15 is 0 Å². The van der Waals surface area contributed by atoms with Gasteiger partial charge in [0.15, 0.2) is 0 Å². The molecule has 0 aliphatic rings. The predicted octanol–water partition coefficient (Wildman–Crippen LogP) is 15.5. The molecule has 0 spiro atoms. The molecule has 6 heteroatoms. The zero-order chi connectivity index (χ0) is 53.1. The van der Waals surface area contributed by atoms with Crippen molar-refractivity contribution in [3.63, 3.8) is 0 Å². The Morgan fingerprint density at radius 3 is 2.16 bits per heavy atom. The van der Waals surface area contributed by atoms with Gasteiger partial charge in [-0.1, -0.05) is 182 Å². The Balaban J connectivity index is 0.000000220. The molecule has 326 valence electrons. The van der Waals surface area contributed by atoms with E-state index in [0.29, 0.717) is 22.4 Å². The monoisotopic (exact) mass is 1080 g/mol. The summed E-state index contributed by atoms with van der Waals surface area (Å²) in [5.41, 5.74) is 8.61. The molecule has 0 aliphatic heterocycles. The van der Waals surface area contributed by atoms with E-state index in [0.717, 1.165) is 81.0 Å². The van der Waals surface area contributed by atoms with E-state index in [4.69, 9.17) is 18.7 Å².